The summed E-state index contributed by atoms with van der Waals surface area (Å²) in [5.41, 5.74) is 10.2. The highest BCUT2D eigenvalue weighted by Gasteiger charge is 2.21. The fourth-order valence-electron chi connectivity index (χ4n) is 4.84. The molecule has 0 aliphatic carbocycles. The maximum Gasteiger partial charge on any atom is 0.155 e. The van der Waals surface area contributed by atoms with Gasteiger partial charge in [-0.25, -0.2) is 0 Å². The van der Waals surface area contributed by atoms with E-state index in [9.17, 15) is 0 Å². The zero-order valence-electron chi connectivity index (χ0n) is 20.3. The Labute approximate surface area is 223 Å². The third-order valence-corrected chi connectivity index (χ3v) is 7.05. The summed E-state index contributed by atoms with van der Waals surface area (Å²) in [6.07, 6.45) is 2.21. The van der Waals surface area contributed by atoms with Gasteiger partial charge in [0.1, 0.15) is 0 Å². The van der Waals surface area contributed by atoms with Crippen LogP contribution < -0.4 is 10.6 Å². The molecule has 0 amide bonds. The number of nitrogens with one attached hydrogen (secondary N) is 2. The van der Waals surface area contributed by atoms with Crippen molar-refractivity contribution in [1.29, 1.82) is 0 Å². The maximum absolute atomic E-state index is 6.57. The van der Waals surface area contributed by atoms with Crippen molar-refractivity contribution in [2.45, 2.75) is 11.7 Å². The quantitative estimate of drug-likeness (QED) is 0.187. The van der Waals surface area contributed by atoms with E-state index in [0.717, 1.165) is 11.3 Å². The van der Waals surface area contributed by atoms with Gasteiger partial charge in [-0.2, -0.15) is 0 Å². The lowest BCUT2D eigenvalue weighted by atomic mass is 9.96. The van der Waals surface area contributed by atoms with Crippen molar-refractivity contribution >= 4 is 17.3 Å². The highest BCUT2D eigenvalue weighted by molar-refractivity contribution is 6.20. The van der Waals surface area contributed by atoms with E-state index in [1.54, 1.807) is 0 Å². The lowest BCUT2D eigenvalue weighted by Gasteiger charge is -2.29. The SMILES string of the molecule is ClC1NC(c2ccc(-c3cccc(-c4ccccc4)c3)cc2)=CC(c2ccc(-c3ccccc3)cc2)N1. The molecule has 0 spiro atoms. The predicted octanol–water partition coefficient (Wildman–Crippen LogP) is 8.49. The standard InChI is InChI=1S/C34H27ClN2/c35-34-36-32(28-18-14-26(15-19-28)24-8-3-1-4-9-24)23-33(37-34)29-20-16-27(17-21-29)31-13-7-12-30(22-31)25-10-5-2-6-11-25/h1-23,32,34,36-37H. The van der Waals surface area contributed by atoms with Gasteiger partial charge in [0.2, 0.25) is 0 Å². The van der Waals surface area contributed by atoms with Crippen molar-refractivity contribution in [3.8, 4) is 33.4 Å². The molecule has 0 saturated heterocycles. The normalized spacial score (nSPS) is 17.1. The third kappa shape index (κ3) is 5.22. The molecule has 2 N–H and O–H groups in total. The Kier molecular flexibility index (Phi) is 6.60. The third-order valence-electron chi connectivity index (χ3n) is 6.82. The van der Waals surface area contributed by atoms with Gasteiger partial charge in [0, 0.05) is 5.70 Å². The van der Waals surface area contributed by atoms with Gasteiger partial charge in [0.05, 0.1) is 6.04 Å². The van der Waals surface area contributed by atoms with E-state index in [2.05, 4.69) is 138 Å². The first-order valence-corrected chi connectivity index (χ1v) is 13.0. The topological polar surface area (TPSA) is 24.1 Å². The molecule has 2 atom stereocenters. The van der Waals surface area contributed by atoms with Gasteiger partial charge in [-0.05, 0) is 56.6 Å². The fourth-order valence-corrected chi connectivity index (χ4v) is 5.09. The molecule has 0 bridgehead atoms. The first-order valence-electron chi connectivity index (χ1n) is 12.5. The van der Waals surface area contributed by atoms with E-state index in [4.69, 9.17) is 11.6 Å². The second kappa shape index (κ2) is 10.5. The Morgan fingerprint density at radius 3 is 1.54 bits per heavy atom. The van der Waals surface area contributed by atoms with E-state index in [1.165, 1.54) is 38.9 Å². The number of alkyl halides is 1. The zero-order valence-corrected chi connectivity index (χ0v) is 21.1. The number of hydrogen-bond acceptors (Lipinski definition) is 2. The van der Waals surface area contributed by atoms with E-state index in [1.807, 2.05) is 12.1 Å². The first-order chi connectivity index (χ1) is 18.2. The lowest BCUT2D eigenvalue weighted by molar-refractivity contribution is 0.532. The Bertz CT molecular complexity index is 1510. The molecule has 1 aliphatic heterocycles. The molecule has 0 saturated carbocycles. The Morgan fingerprint density at radius 1 is 0.459 bits per heavy atom. The van der Waals surface area contributed by atoms with Gasteiger partial charge in [-0.15, -0.1) is 0 Å². The van der Waals surface area contributed by atoms with Crippen LogP contribution in [0.3, 0.4) is 0 Å². The number of benzene rings is 5. The van der Waals surface area contributed by atoms with Crippen LogP contribution in [0, 0.1) is 0 Å². The largest absolute Gasteiger partial charge is 0.357 e. The predicted molar refractivity (Wildman–Crippen MR) is 156 cm³/mol. The minimum absolute atomic E-state index is 0.0193. The molecular weight excluding hydrogens is 472 g/mol. The average molecular weight is 499 g/mol. The van der Waals surface area contributed by atoms with Crippen LogP contribution in [-0.4, -0.2) is 5.62 Å². The zero-order chi connectivity index (χ0) is 25.0. The molecule has 0 fully saturated rings. The van der Waals surface area contributed by atoms with Crippen LogP contribution in [0.4, 0.5) is 0 Å². The molecule has 180 valence electrons. The van der Waals surface area contributed by atoms with Gasteiger partial charge in [-0.1, -0.05) is 139 Å². The van der Waals surface area contributed by atoms with Gasteiger partial charge >= 0.3 is 0 Å². The minimum atomic E-state index is -0.360. The van der Waals surface area contributed by atoms with E-state index in [0.29, 0.717) is 0 Å². The monoisotopic (exact) mass is 498 g/mol. The van der Waals surface area contributed by atoms with Crippen LogP contribution in [0.15, 0.2) is 140 Å². The molecule has 0 radical (unpaired) electrons. The summed E-state index contributed by atoms with van der Waals surface area (Å²) in [5.74, 6) is 0. The summed E-state index contributed by atoms with van der Waals surface area (Å²) in [4.78, 5) is 0. The minimum Gasteiger partial charge on any atom is -0.357 e. The van der Waals surface area contributed by atoms with Gasteiger partial charge in [0.25, 0.3) is 0 Å². The Balaban J connectivity index is 1.24. The van der Waals surface area contributed by atoms with E-state index in [-0.39, 0.29) is 11.7 Å². The van der Waals surface area contributed by atoms with Crippen molar-refractivity contribution in [3.05, 3.63) is 151 Å². The average Bonchev–Trinajstić information content (AvgIpc) is 2.98. The van der Waals surface area contributed by atoms with Crippen LogP contribution >= 0.6 is 11.6 Å². The fraction of sp³-hybridized carbons (Fsp3) is 0.0588. The number of hydrogen-bond donors (Lipinski definition) is 2. The maximum atomic E-state index is 6.57. The van der Waals surface area contributed by atoms with Crippen molar-refractivity contribution < 1.29 is 0 Å². The van der Waals surface area contributed by atoms with Gasteiger partial charge in [0.15, 0.2) is 5.62 Å². The molecule has 3 heteroatoms. The highest BCUT2D eigenvalue weighted by Crippen LogP contribution is 2.30. The van der Waals surface area contributed by atoms with Gasteiger partial charge < -0.3 is 5.32 Å². The first kappa shape index (κ1) is 23.3. The lowest BCUT2D eigenvalue weighted by Crippen LogP contribution is -2.42. The number of rotatable bonds is 5. The summed E-state index contributed by atoms with van der Waals surface area (Å²) in [5, 5.41) is 6.80. The molecule has 1 heterocycles. The molecule has 6 rings (SSSR count). The van der Waals surface area contributed by atoms with Crippen molar-refractivity contribution in [2.75, 3.05) is 0 Å². The smallest absolute Gasteiger partial charge is 0.155 e. The molecule has 37 heavy (non-hydrogen) atoms. The second-order valence-electron chi connectivity index (χ2n) is 9.24. The van der Waals surface area contributed by atoms with Crippen LogP contribution in [0.2, 0.25) is 0 Å². The van der Waals surface area contributed by atoms with E-state index >= 15 is 0 Å². The molecule has 5 aromatic carbocycles. The highest BCUT2D eigenvalue weighted by atomic mass is 35.5. The molecule has 1 aliphatic rings. The van der Waals surface area contributed by atoms with E-state index < -0.39 is 0 Å². The molecule has 2 nitrogen and oxygen atoms in total. The summed E-state index contributed by atoms with van der Waals surface area (Å²) in [6, 6.07) is 47.0. The van der Waals surface area contributed by atoms with Crippen LogP contribution in [0.1, 0.15) is 17.2 Å². The summed E-state index contributed by atoms with van der Waals surface area (Å²) in [6.45, 7) is 0. The van der Waals surface area contributed by atoms with Crippen molar-refractivity contribution in [2.24, 2.45) is 0 Å². The van der Waals surface area contributed by atoms with Crippen molar-refractivity contribution in [3.63, 3.8) is 0 Å². The Morgan fingerprint density at radius 2 is 0.919 bits per heavy atom. The van der Waals surface area contributed by atoms with Crippen LogP contribution in [0.25, 0.3) is 39.1 Å². The molecule has 2 unspecified atom stereocenters. The van der Waals surface area contributed by atoms with Crippen LogP contribution in [-0.2, 0) is 0 Å². The second-order valence-corrected chi connectivity index (χ2v) is 9.68. The summed E-state index contributed by atoms with van der Waals surface area (Å²) in [7, 11) is 0. The Hall–Kier alpha value is -4.11. The van der Waals surface area contributed by atoms with Crippen LogP contribution in [0.5, 0.6) is 0 Å². The summed E-state index contributed by atoms with van der Waals surface area (Å²) < 4.78 is 0. The van der Waals surface area contributed by atoms with Crippen molar-refractivity contribution in [1.82, 2.24) is 10.6 Å². The van der Waals surface area contributed by atoms with Gasteiger partial charge in [-0.3, -0.25) is 5.32 Å². The molecular formula is C34H27ClN2. The summed E-state index contributed by atoms with van der Waals surface area (Å²) >= 11 is 6.57. The molecule has 0 aromatic heterocycles. The number of halogens is 1. The molecule has 5 aromatic rings.